The third kappa shape index (κ3) is 5.07. The summed E-state index contributed by atoms with van der Waals surface area (Å²) in [6, 6.07) is 14.1. The first kappa shape index (κ1) is 16.4. The molecule has 0 aromatic heterocycles. The Morgan fingerprint density at radius 1 is 0.957 bits per heavy atom. The van der Waals surface area contributed by atoms with Gasteiger partial charge in [-0.05, 0) is 62.4 Å². The predicted octanol–water partition coefficient (Wildman–Crippen LogP) is 4.98. The number of azo groups is 1. The topological polar surface area (TPSA) is 60.2 Å². The molecule has 0 unspecified atom stereocenters. The minimum absolute atomic E-state index is 0.351. The van der Waals surface area contributed by atoms with Gasteiger partial charge < -0.3 is 9.47 Å². The van der Waals surface area contributed by atoms with Crippen molar-refractivity contribution in [1.29, 1.82) is 0 Å². The molecular formula is C18H18N2O3. The van der Waals surface area contributed by atoms with Gasteiger partial charge in [0.2, 0.25) is 0 Å². The second kappa shape index (κ2) is 7.89. The largest absolute Gasteiger partial charge is 0.494 e. The van der Waals surface area contributed by atoms with Crippen molar-refractivity contribution in [3.8, 4) is 11.5 Å². The van der Waals surface area contributed by atoms with Crippen molar-refractivity contribution >= 4 is 17.3 Å². The summed E-state index contributed by atoms with van der Waals surface area (Å²) < 4.78 is 10.5. The van der Waals surface area contributed by atoms with Gasteiger partial charge in [0.05, 0.1) is 18.0 Å². The molecule has 0 amide bonds. The highest BCUT2D eigenvalue weighted by atomic mass is 16.5. The standard InChI is InChI=1S/C18H18N2O3/c1-4-22-16-9-5-14(6-10-16)19-20-15-7-11-17(12-8-15)23-18(21)13(2)3/h5-12H,2,4H2,1,3H3. The Balaban J connectivity index is 1.99. The summed E-state index contributed by atoms with van der Waals surface area (Å²) in [7, 11) is 0. The fraction of sp³-hybridized carbons (Fsp3) is 0.167. The van der Waals surface area contributed by atoms with E-state index in [0.717, 1.165) is 11.4 Å². The van der Waals surface area contributed by atoms with Gasteiger partial charge in [0.25, 0.3) is 0 Å². The smallest absolute Gasteiger partial charge is 0.338 e. The Labute approximate surface area is 135 Å². The number of carbonyl (C=O) groups is 1. The zero-order valence-electron chi connectivity index (χ0n) is 13.2. The summed E-state index contributed by atoms with van der Waals surface area (Å²) in [5, 5.41) is 8.28. The van der Waals surface area contributed by atoms with Crippen molar-refractivity contribution in [2.75, 3.05) is 6.61 Å². The maximum atomic E-state index is 11.4. The van der Waals surface area contributed by atoms with E-state index in [9.17, 15) is 4.79 Å². The van der Waals surface area contributed by atoms with E-state index in [1.54, 1.807) is 31.2 Å². The molecule has 5 nitrogen and oxygen atoms in total. The fourth-order valence-corrected chi connectivity index (χ4v) is 1.67. The Morgan fingerprint density at radius 3 is 1.87 bits per heavy atom. The minimum atomic E-state index is -0.450. The molecule has 0 radical (unpaired) electrons. The van der Waals surface area contributed by atoms with Crippen molar-refractivity contribution in [2.24, 2.45) is 10.2 Å². The van der Waals surface area contributed by atoms with Gasteiger partial charge >= 0.3 is 5.97 Å². The average Bonchev–Trinajstić information content (AvgIpc) is 2.55. The van der Waals surface area contributed by atoms with Crippen LogP contribution in [0, 0.1) is 0 Å². The number of rotatable bonds is 6. The molecule has 0 saturated heterocycles. The number of carbonyl (C=O) groups excluding carboxylic acids is 1. The number of hydrogen-bond donors (Lipinski definition) is 0. The van der Waals surface area contributed by atoms with Crippen LogP contribution in [0.2, 0.25) is 0 Å². The molecule has 5 heteroatoms. The molecule has 2 aromatic rings. The van der Waals surface area contributed by atoms with Gasteiger partial charge in [-0.15, -0.1) is 0 Å². The predicted molar refractivity (Wildman–Crippen MR) is 88.7 cm³/mol. The maximum Gasteiger partial charge on any atom is 0.338 e. The third-order valence-electron chi connectivity index (χ3n) is 2.82. The van der Waals surface area contributed by atoms with E-state index in [1.165, 1.54) is 0 Å². The number of esters is 1. The highest BCUT2D eigenvalue weighted by Gasteiger charge is 2.04. The first-order valence-electron chi connectivity index (χ1n) is 7.21. The number of ether oxygens (including phenoxy) is 2. The molecule has 23 heavy (non-hydrogen) atoms. The van der Waals surface area contributed by atoms with E-state index in [2.05, 4.69) is 16.8 Å². The van der Waals surface area contributed by atoms with Gasteiger partial charge in [0, 0.05) is 5.57 Å². The Morgan fingerprint density at radius 2 is 1.43 bits per heavy atom. The zero-order valence-corrected chi connectivity index (χ0v) is 13.2. The molecule has 0 aliphatic rings. The molecule has 0 bridgehead atoms. The first-order valence-corrected chi connectivity index (χ1v) is 7.21. The van der Waals surface area contributed by atoms with Crippen LogP contribution in [0.25, 0.3) is 0 Å². The van der Waals surface area contributed by atoms with Crippen LogP contribution in [0.1, 0.15) is 13.8 Å². The van der Waals surface area contributed by atoms with Crippen molar-refractivity contribution in [2.45, 2.75) is 13.8 Å². The molecular weight excluding hydrogens is 292 g/mol. The Bertz CT molecular complexity index is 704. The minimum Gasteiger partial charge on any atom is -0.494 e. The second-order valence-corrected chi connectivity index (χ2v) is 4.79. The zero-order chi connectivity index (χ0) is 16.7. The van der Waals surface area contributed by atoms with Crippen molar-refractivity contribution in [3.63, 3.8) is 0 Å². The van der Waals surface area contributed by atoms with E-state index >= 15 is 0 Å². The molecule has 0 aliphatic carbocycles. The van der Waals surface area contributed by atoms with Gasteiger partial charge in [-0.2, -0.15) is 10.2 Å². The summed E-state index contributed by atoms with van der Waals surface area (Å²) in [6.45, 7) is 7.70. The molecule has 0 saturated carbocycles. The first-order chi connectivity index (χ1) is 11.1. The Hall–Kier alpha value is -2.95. The lowest BCUT2D eigenvalue weighted by Crippen LogP contribution is -2.07. The van der Waals surface area contributed by atoms with E-state index < -0.39 is 5.97 Å². The van der Waals surface area contributed by atoms with Crippen LogP contribution < -0.4 is 9.47 Å². The monoisotopic (exact) mass is 310 g/mol. The second-order valence-electron chi connectivity index (χ2n) is 4.79. The summed E-state index contributed by atoms with van der Waals surface area (Å²) in [5.41, 5.74) is 1.74. The van der Waals surface area contributed by atoms with Crippen LogP contribution in [0.3, 0.4) is 0 Å². The lowest BCUT2D eigenvalue weighted by atomic mass is 10.3. The van der Waals surface area contributed by atoms with E-state index in [-0.39, 0.29) is 0 Å². The van der Waals surface area contributed by atoms with Crippen LogP contribution in [-0.4, -0.2) is 12.6 Å². The van der Waals surface area contributed by atoms with Gasteiger partial charge in [0.1, 0.15) is 11.5 Å². The van der Waals surface area contributed by atoms with E-state index in [0.29, 0.717) is 23.6 Å². The Kier molecular flexibility index (Phi) is 5.63. The molecule has 0 N–H and O–H groups in total. The molecule has 0 spiro atoms. The van der Waals surface area contributed by atoms with Crippen LogP contribution in [0.15, 0.2) is 70.9 Å². The van der Waals surface area contributed by atoms with Gasteiger partial charge in [-0.3, -0.25) is 0 Å². The summed E-state index contributed by atoms with van der Waals surface area (Å²) in [4.78, 5) is 11.4. The van der Waals surface area contributed by atoms with Crippen molar-refractivity contribution < 1.29 is 14.3 Å². The molecule has 2 aromatic carbocycles. The molecule has 0 heterocycles. The lowest BCUT2D eigenvalue weighted by molar-refractivity contribution is -0.130. The molecule has 118 valence electrons. The van der Waals surface area contributed by atoms with Gasteiger partial charge in [-0.25, -0.2) is 4.79 Å². The fourth-order valence-electron chi connectivity index (χ4n) is 1.67. The molecule has 2 rings (SSSR count). The molecule has 0 atom stereocenters. The average molecular weight is 310 g/mol. The summed E-state index contributed by atoms with van der Waals surface area (Å²) >= 11 is 0. The SMILES string of the molecule is C=C(C)C(=O)Oc1ccc(N=Nc2ccc(OCC)cc2)cc1. The van der Waals surface area contributed by atoms with E-state index in [4.69, 9.17) is 9.47 Å². The summed E-state index contributed by atoms with van der Waals surface area (Å²) in [6.07, 6.45) is 0. The summed E-state index contributed by atoms with van der Waals surface area (Å²) in [5.74, 6) is 0.793. The van der Waals surface area contributed by atoms with Crippen molar-refractivity contribution in [1.82, 2.24) is 0 Å². The normalized spacial score (nSPS) is 10.5. The number of nitrogens with zero attached hydrogens (tertiary/aromatic N) is 2. The third-order valence-corrected chi connectivity index (χ3v) is 2.82. The maximum absolute atomic E-state index is 11.4. The molecule has 0 fully saturated rings. The highest BCUT2D eigenvalue weighted by Crippen LogP contribution is 2.23. The molecule has 0 aliphatic heterocycles. The van der Waals surface area contributed by atoms with Gasteiger partial charge in [-0.1, -0.05) is 6.58 Å². The van der Waals surface area contributed by atoms with Crippen LogP contribution >= 0.6 is 0 Å². The van der Waals surface area contributed by atoms with Gasteiger partial charge in [0.15, 0.2) is 0 Å². The van der Waals surface area contributed by atoms with Crippen LogP contribution in [0.5, 0.6) is 11.5 Å². The number of benzene rings is 2. The van der Waals surface area contributed by atoms with E-state index in [1.807, 2.05) is 31.2 Å². The van der Waals surface area contributed by atoms with Crippen molar-refractivity contribution in [3.05, 3.63) is 60.7 Å². The highest BCUT2D eigenvalue weighted by molar-refractivity contribution is 5.88. The van der Waals surface area contributed by atoms with Crippen LogP contribution in [0.4, 0.5) is 11.4 Å². The lowest BCUT2D eigenvalue weighted by Gasteiger charge is -2.03. The van der Waals surface area contributed by atoms with Crippen LogP contribution in [-0.2, 0) is 4.79 Å². The quantitative estimate of drug-likeness (QED) is 0.327. The number of hydrogen-bond acceptors (Lipinski definition) is 5.